The Kier molecular flexibility index (Phi) is 5.46. The number of carbonyl (C=O) groups is 1. The molecule has 3 rings (SSSR count). The van der Waals surface area contributed by atoms with Gasteiger partial charge in [0.25, 0.3) is 5.91 Å². The molecule has 5 nitrogen and oxygen atoms in total. The van der Waals surface area contributed by atoms with Crippen molar-refractivity contribution in [1.29, 1.82) is 0 Å². The zero-order valence-electron chi connectivity index (χ0n) is 14.2. The minimum atomic E-state index is -0.148. The quantitative estimate of drug-likeness (QED) is 0.779. The van der Waals surface area contributed by atoms with E-state index >= 15 is 0 Å². The molecule has 1 atom stereocenters. The normalized spacial score (nSPS) is 16.5. The second-order valence-electron chi connectivity index (χ2n) is 6.36. The summed E-state index contributed by atoms with van der Waals surface area (Å²) < 4.78 is 0. The van der Waals surface area contributed by atoms with E-state index in [4.69, 9.17) is 11.6 Å². The monoisotopic (exact) mass is 360 g/mol. The molecule has 0 aromatic heterocycles. The van der Waals surface area contributed by atoms with Crippen LogP contribution in [0.4, 0.5) is 11.4 Å². The van der Waals surface area contributed by atoms with E-state index in [0.29, 0.717) is 10.8 Å². The molecule has 2 aromatic carbocycles. The maximum absolute atomic E-state index is 12.5. The number of piperazine rings is 1. The number of nitrogens with zero attached hydrogens (tertiary/aromatic N) is 1. The maximum Gasteiger partial charge on any atom is 0.282 e. The zero-order chi connectivity index (χ0) is 17.8. The highest BCUT2D eigenvalue weighted by Crippen LogP contribution is 2.26. The first-order valence-electron chi connectivity index (χ1n) is 8.48. The van der Waals surface area contributed by atoms with Gasteiger partial charge in [-0.2, -0.15) is 0 Å². The van der Waals surface area contributed by atoms with Gasteiger partial charge < -0.3 is 20.2 Å². The predicted molar refractivity (Wildman–Crippen MR) is 101 cm³/mol. The van der Waals surface area contributed by atoms with Crippen LogP contribution in [0.25, 0.3) is 0 Å². The SMILES string of the molecule is C[C@H](C(=O)Nc1cccc(Cl)c1)[NH+]1CCN(c2ccccc2O)CC1. The summed E-state index contributed by atoms with van der Waals surface area (Å²) >= 11 is 5.96. The van der Waals surface area contributed by atoms with Crippen LogP contribution >= 0.6 is 11.6 Å². The molecule has 1 aliphatic heterocycles. The summed E-state index contributed by atoms with van der Waals surface area (Å²) in [7, 11) is 0. The fraction of sp³-hybridized carbons (Fsp3) is 0.316. The molecule has 0 radical (unpaired) electrons. The largest absolute Gasteiger partial charge is 0.506 e. The molecular weight excluding hydrogens is 338 g/mol. The third kappa shape index (κ3) is 4.24. The first-order chi connectivity index (χ1) is 12.0. The Morgan fingerprint density at radius 3 is 2.60 bits per heavy atom. The molecule has 0 aliphatic carbocycles. The molecule has 1 heterocycles. The Labute approximate surface area is 152 Å². The van der Waals surface area contributed by atoms with Gasteiger partial charge >= 0.3 is 0 Å². The second kappa shape index (κ2) is 7.76. The average Bonchev–Trinajstić information content (AvgIpc) is 2.62. The van der Waals surface area contributed by atoms with Gasteiger partial charge in [0, 0.05) is 10.7 Å². The lowest BCUT2D eigenvalue weighted by Gasteiger charge is -2.36. The summed E-state index contributed by atoms with van der Waals surface area (Å²) in [5, 5.41) is 13.5. The third-order valence-corrected chi connectivity index (χ3v) is 4.96. The van der Waals surface area contributed by atoms with Gasteiger partial charge in [-0.25, -0.2) is 0 Å². The number of phenolic OH excluding ortho intramolecular Hbond substituents is 1. The molecule has 132 valence electrons. The van der Waals surface area contributed by atoms with Crippen LogP contribution < -0.4 is 15.1 Å². The Morgan fingerprint density at radius 1 is 1.20 bits per heavy atom. The van der Waals surface area contributed by atoms with Crippen molar-refractivity contribution in [2.45, 2.75) is 13.0 Å². The number of nitrogens with one attached hydrogen (secondary N) is 2. The van der Waals surface area contributed by atoms with Crippen LogP contribution in [0.5, 0.6) is 5.75 Å². The summed E-state index contributed by atoms with van der Waals surface area (Å²) in [6.07, 6.45) is 0. The number of halogens is 1. The van der Waals surface area contributed by atoms with E-state index in [0.717, 1.165) is 37.6 Å². The number of para-hydroxylation sites is 2. The summed E-state index contributed by atoms with van der Waals surface area (Å²) in [5.74, 6) is 0.297. The van der Waals surface area contributed by atoms with Crippen LogP contribution in [0, 0.1) is 0 Å². The average molecular weight is 361 g/mol. The highest BCUT2D eigenvalue weighted by atomic mass is 35.5. The van der Waals surface area contributed by atoms with Crippen LogP contribution in [-0.2, 0) is 4.79 Å². The van der Waals surface area contributed by atoms with E-state index in [1.807, 2.05) is 37.3 Å². The number of hydrogen-bond acceptors (Lipinski definition) is 3. The fourth-order valence-electron chi connectivity index (χ4n) is 3.20. The number of rotatable bonds is 4. The van der Waals surface area contributed by atoms with Crippen molar-refractivity contribution in [3.63, 3.8) is 0 Å². The third-order valence-electron chi connectivity index (χ3n) is 4.73. The molecule has 25 heavy (non-hydrogen) atoms. The molecule has 0 bridgehead atoms. The van der Waals surface area contributed by atoms with Crippen LogP contribution in [0.1, 0.15) is 6.92 Å². The first kappa shape index (κ1) is 17.6. The Morgan fingerprint density at radius 2 is 1.92 bits per heavy atom. The standard InChI is InChI=1S/C19H22ClN3O2/c1-14(19(25)21-16-6-4-5-15(20)13-16)22-9-11-23(12-10-22)17-7-2-3-8-18(17)24/h2-8,13-14,24H,9-12H2,1H3,(H,21,25)/p+1/t14-/m1/s1. The summed E-state index contributed by atoms with van der Waals surface area (Å²) in [6.45, 7) is 5.26. The maximum atomic E-state index is 12.5. The van der Waals surface area contributed by atoms with Crippen molar-refractivity contribution in [2.24, 2.45) is 0 Å². The number of aromatic hydroxyl groups is 1. The van der Waals surface area contributed by atoms with Crippen molar-refractivity contribution in [3.8, 4) is 5.75 Å². The Bertz CT molecular complexity index is 745. The summed E-state index contributed by atoms with van der Waals surface area (Å²) in [5.41, 5.74) is 1.58. The van der Waals surface area contributed by atoms with Crippen LogP contribution in [-0.4, -0.2) is 43.2 Å². The summed E-state index contributed by atoms with van der Waals surface area (Å²) in [6, 6.07) is 14.4. The molecule has 0 spiro atoms. The van der Waals surface area contributed by atoms with Crippen LogP contribution in [0.2, 0.25) is 5.02 Å². The fourth-order valence-corrected chi connectivity index (χ4v) is 3.39. The minimum Gasteiger partial charge on any atom is -0.506 e. The topological polar surface area (TPSA) is 57.0 Å². The van der Waals surface area contributed by atoms with E-state index in [2.05, 4.69) is 10.2 Å². The Hall–Kier alpha value is -2.24. The smallest absolute Gasteiger partial charge is 0.282 e. The lowest BCUT2D eigenvalue weighted by molar-refractivity contribution is -0.914. The molecule has 0 unspecified atom stereocenters. The van der Waals surface area contributed by atoms with Crippen LogP contribution in [0.15, 0.2) is 48.5 Å². The van der Waals surface area contributed by atoms with Gasteiger partial charge in [0.15, 0.2) is 6.04 Å². The number of anilines is 2. The molecule has 2 aromatic rings. The van der Waals surface area contributed by atoms with E-state index in [1.165, 1.54) is 4.90 Å². The highest BCUT2D eigenvalue weighted by molar-refractivity contribution is 6.30. The minimum absolute atomic E-state index is 0.00623. The van der Waals surface area contributed by atoms with Gasteiger partial charge in [0.05, 0.1) is 31.9 Å². The number of hydrogen-bond donors (Lipinski definition) is 3. The van der Waals surface area contributed by atoms with Gasteiger partial charge in [-0.3, -0.25) is 4.79 Å². The predicted octanol–water partition coefficient (Wildman–Crippen LogP) is 1.78. The van der Waals surface area contributed by atoms with Crippen molar-refractivity contribution in [1.82, 2.24) is 0 Å². The number of phenols is 1. The van der Waals surface area contributed by atoms with E-state index in [9.17, 15) is 9.90 Å². The molecular formula is C19H23ClN3O2+. The molecule has 1 saturated heterocycles. The van der Waals surface area contributed by atoms with Gasteiger partial charge in [-0.1, -0.05) is 29.8 Å². The first-order valence-corrected chi connectivity index (χ1v) is 8.86. The lowest BCUT2D eigenvalue weighted by atomic mass is 10.2. The van der Waals surface area contributed by atoms with Crippen molar-refractivity contribution >= 4 is 28.9 Å². The van der Waals surface area contributed by atoms with Gasteiger partial charge in [0.2, 0.25) is 0 Å². The van der Waals surface area contributed by atoms with Crippen molar-refractivity contribution in [2.75, 3.05) is 36.4 Å². The van der Waals surface area contributed by atoms with Crippen molar-refractivity contribution < 1.29 is 14.8 Å². The van der Waals surface area contributed by atoms with Gasteiger partial charge in [-0.15, -0.1) is 0 Å². The molecule has 1 aliphatic rings. The number of quaternary nitrogens is 1. The summed E-state index contributed by atoms with van der Waals surface area (Å²) in [4.78, 5) is 15.9. The Balaban J connectivity index is 1.57. The number of amides is 1. The molecule has 6 heteroatoms. The number of benzene rings is 2. The highest BCUT2D eigenvalue weighted by Gasteiger charge is 2.29. The van der Waals surface area contributed by atoms with E-state index in [1.54, 1.807) is 18.2 Å². The molecule has 3 N–H and O–H groups in total. The van der Waals surface area contributed by atoms with E-state index < -0.39 is 0 Å². The molecule has 1 amide bonds. The van der Waals surface area contributed by atoms with Crippen molar-refractivity contribution in [3.05, 3.63) is 53.6 Å². The van der Waals surface area contributed by atoms with Gasteiger partial charge in [0.1, 0.15) is 5.75 Å². The van der Waals surface area contributed by atoms with E-state index in [-0.39, 0.29) is 11.9 Å². The van der Waals surface area contributed by atoms with Crippen LogP contribution in [0.3, 0.4) is 0 Å². The number of carbonyl (C=O) groups excluding carboxylic acids is 1. The molecule has 0 saturated carbocycles. The zero-order valence-corrected chi connectivity index (χ0v) is 15.0. The second-order valence-corrected chi connectivity index (χ2v) is 6.79. The van der Waals surface area contributed by atoms with Gasteiger partial charge in [-0.05, 0) is 37.3 Å². The lowest BCUT2D eigenvalue weighted by Crippen LogP contribution is -3.19. The molecule has 1 fully saturated rings.